The highest BCUT2D eigenvalue weighted by Gasteiger charge is 2.16. The molecule has 0 unspecified atom stereocenters. The fraction of sp³-hybridized carbons (Fsp3) is 0.0476. The summed E-state index contributed by atoms with van der Waals surface area (Å²) in [5.41, 5.74) is 9.50. The number of benzene rings is 3. The van der Waals surface area contributed by atoms with Gasteiger partial charge in [0, 0.05) is 16.0 Å². The predicted octanol–water partition coefficient (Wildman–Crippen LogP) is 5.11. The molecular formula is C21H16ClN3O. The van der Waals surface area contributed by atoms with Gasteiger partial charge in [-0.15, -0.1) is 0 Å². The number of nitrogen functional groups attached to an aromatic ring is 1. The third-order valence-electron chi connectivity index (χ3n) is 4.18. The van der Waals surface area contributed by atoms with Crippen LogP contribution >= 0.6 is 11.6 Å². The number of anilines is 1. The van der Waals surface area contributed by atoms with E-state index >= 15 is 0 Å². The van der Waals surface area contributed by atoms with Gasteiger partial charge in [-0.1, -0.05) is 60.1 Å². The van der Waals surface area contributed by atoms with Gasteiger partial charge in [-0.2, -0.15) is 0 Å². The Bertz CT molecular complexity index is 1070. The van der Waals surface area contributed by atoms with Crippen LogP contribution in [0, 0.1) is 0 Å². The summed E-state index contributed by atoms with van der Waals surface area (Å²) in [6.45, 7) is 0.449. The van der Waals surface area contributed by atoms with Crippen molar-refractivity contribution in [1.29, 1.82) is 0 Å². The van der Waals surface area contributed by atoms with Gasteiger partial charge < -0.3 is 10.5 Å². The number of aromatic nitrogens is 2. The zero-order valence-electron chi connectivity index (χ0n) is 13.9. The quantitative estimate of drug-likeness (QED) is 0.548. The molecule has 3 aromatic carbocycles. The molecule has 0 saturated carbocycles. The van der Waals surface area contributed by atoms with Crippen molar-refractivity contribution >= 4 is 28.3 Å². The molecule has 5 heteroatoms. The van der Waals surface area contributed by atoms with Gasteiger partial charge in [0.05, 0.1) is 11.1 Å². The molecule has 0 bridgehead atoms. The highest BCUT2D eigenvalue weighted by molar-refractivity contribution is 6.33. The van der Waals surface area contributed by atoms with E-state index in [0.29, 0.717) is 23.2 Å². The van der Waals surface area contributed by atoms with Crippen LogP contribution in [0.2, 0.25) is 5.02 Å². The van der Waals surface area contributed by atoms with Crippen LogP contribution in [0.1, 0.15) is 5.56 Å². The van der Waals surface area contributed by atoms with E-state index in [0.717, 1.165) is 27.6 Å². The highest BCUT2D eigenvalue weighted by atomic mass is 35.5. The molecule has 1 heterocycles. The van der Waals surface area contributed by atoms with E-state index in [-0.39, 0.29) is 0 Å². The molecule has 1 aromatic heterocycles. The predicted molar refractivity (Wildman–Crippen MR) is 105 cm³/mol. The maximum Gasteiger partial charge on any atom is 0.134 e. The number of ether oxygens (including phenoxy) is 1. The maximum absolute atomic E-state index is 6.46. The maximum atomic E-state index is 6.46. The zero-order chi connectivity index (χ0) is 17.9. The third-order valence-corrected chi connectivity index (χ3v) is 4.51. The smallest absolute Gasteiger partial charge is 0.134 e. The summed E-state index contributed by atoms with van der Waals surface area (Å²) in [4.78, 5) is 8.53. The van der Waals surface area contributed by atoms with Crippen LogP contribution in [0.5, 0.6) is 5.75 Å². The van der Waals surface area contributed by atoms with Gasteiger partial charge in [0.25, 0.3) is 0 Å². The van der Waals surface area contributed by atoms with Gasteiger partial charge in [0.1, 0.15) is 24.5 Å². The van der Waals surface area contributed by atoms with Crippen molar-refractivity contribution in [2.24, 2.45) is 0 Å². The molecule has 0 atom stereocenters. The molecule has 0 radical (unpaired) electrons. The number of halogens is 1. The van der Waals surface area contributed by atoms with E-state index in [4.69, 9.17) is 22.1 Å². The molecule has 26 heavy (non-hydrogen) atoms. The van der Waals surface area contributed by atoms with E-state index in [1.165, 1.54) is 6.33 Å². The van der Waals surface area contributed by atoms with Crippen molar-refractivity contribution in [2.45, 2.75) is 6.61 Å². The SMILES string of the molecule is Nc1ncnc2c(-c3ccccc3Cl)c(OCc3ccccc3)ccc12. The lowest BCUT2D eigenvalue weighted by molar-refractivity contribution is 0.308. The lowest BCUT2D eigenvalue weighted by Crippen LogP contribution is -2.00. The lowest BCUT2D eigenvalue weighted by Gasteiger charge is -2.15. The number of rotatable bonds is 4. The van der Waals surface area contributed by atoms with Gasteiger partial charge in [0.15, 0.2) is 0 Å². The molecule has 4 aromatic rings. The van der Waals surface area contributed by atoms with Gasteiger partial charge in [-0.05, 0) is 23.8 Å². The first-order valence-corrected chi connectivity index (χ1v) is 8.56. The average molecular weight is 362 g/mol. The van der Waals surface area contributed by atoms with Crippen LogP contribution in [0.3, 0.4) is 0 Å². The first-order chi connectivity index (χ1) is 12.7. The summed E-state index contributed by atoms with van der Waals surface area (Å²) in [6, 6.07) is 21.4. The molecule has 0 amide bonds. The van der Waals surface area contributed by atoms with E-state index < -0.39 is 0 Å². The van der Waals surface area contributed by atoms with Crippen molar-refractivity contribution in [2.75, 3.05) is 5.73 Å². The third kappa shape index (κ3) is 3.07. The van der Waals surface area contributed by atoms with Gasteiger partial charge >= 0.3 is 0 Å². The molecular weight excluding hydrogens is 346 g/mol. The minimum absolute atomic E-state index is 0.429. The molecule has 0 spiro atoms. The summed E-state index contributed by atoms with van der Waals surface area (Å²) in [6.07, 6.45) is 1.46. The standard InChI is InChI=1S/C21H16ClN3O/c22-17-9-5-4-8-15(17)19-18(26-12-14-6-2-1-3-7-14)11-10-16-20(19)24-13-25-21(16)23/h1-11,13H,12H2,(H2,23,24,25). The second-order valence-electron chi connectivity index (χ2n) is 5.85. The average Bonchev–Trinajstić information content (AvgIpc) is 2.68. The van der Waals surface area contributed by atoms with Crippen molar-refractivity contribution < 1.29 is 4.74 Å². The van der Waals surface area contributed by atoms with Crippen molar-refractivity contribution in [3.8, 4) is 16.9 Å². The zero-order valence-corrected chi connectivity index (χ0v) is 14.6. The van der Waals surface area contributed by atoms with Crippen molar-refractivity contribution in [1.82, 2.24) is 9.97 Å². The van der Waals surface area contributed by atoms with Crippen LogP contribution in [0.25, 0.3) is 22.0 Å². The number of fused-ring (bicyclic) bond motifs is 1. The Balaban J connectivity index is 1.87. The Morgan fingerprint density at radius 2 is 1.65 bits per heavy atom. The summed E-state index contributed by atoms with van der Waals surface area (Å²) < 4.78 is 6.12. The first kappa shape index (κ1) is 16.4. The highest BCUT2D eigenvalue weighted by Crippen LogP contribution is 2.40. The molecule has 0 aliphatic carbocycles. The van der Waals surface area contributed by atoms with E-state index in [1.54, 1.807) is 0 Å². The summed E-state index contributed by atoms with van der Waals surface area (Å²) >= 11 is 6.46. The second kappa shape index (κ2) is 7.02. The lowest BCUT2D eigenvalue weighted by atomic mass is 10.0. The van der Waals surface area contributed by atoms with E-state index in [1.807, 2.05) is 66.7 Å². The Morgan fingerprint density at radius 3 is 2.46 bits per heavy atom. The fourth-order valence-corrected chi connectivity index (χ4v) is 3.14. The van der Waals surface area contributed by atoms with Crippen LogP contribution < -0.4 is 10.5 Å². The molecule has 128 valence electrons. The Labute approximate surface area is 156 Å². The number of nitrogens with two attached hydrogens (primary N) is 1. The molecule has 0 saturated heterocycles. The van der Waals surface area contributed by atoms with Gasteiger partial charge in [-0.25, -0.2) is 9.97 Å². The van der Waals surface area contributed by atoms with Gasteiger partial charge in [0.2, 0.25) is 0 Å². The van der Waals surface area contributed by atoms with Crippen molar-refractivity contribution in [3.63, 3.8) is 0 Å². The molecule has 0 aliphatic rings. The van der Waals surface area contributed by atoms with Crippen LogP contribution in [0.4, 0.5) is 5.82 Å². The number of hydrogen-bond acceptors (Lipinski definition) is 4. The van der Waals surface area contributed by atoms with Crippen LogP contribution in [0.15, 0.2) is 73.1 Å². The van der Waals surface area contributed by atoms with Gasteiger partial charge in [-0.3, -0.25) is 0 Å². The second-order valence-corrected chi connectivity index (χ2v) is 6.26. The molecule has 4 rings (SSSR count). The summed E-state index contributed by atoms with van der Waals surface area (Å²) in [7, 11) is 0. The molecule has 0 aliphatic heterocycles. The fourth-order valence-electron chi connectivity index (χ4n) is 2.91. The Morgan fingerprint density at radius 1 is 0.885 bits per heavy atom. The number of nitrogens with zero attached hydrogens (tertiary/aromatic N) is 2. The van der Waals surface area contributed by atoms with E-state index in [2.05, 4.69) is 9.97 Å². The Hall–Kier alpha value is -3.11. The van der Waals surface area contributed by atoms with Crippen molar-refractivity contribution in [3.05, 3.63) is 83.6 Å². The molecule has 4 nitrogen and oxygen atoms in total. The summed E-state index contributed by atoms with van der Waals surface area (Å²) in [5.74, 6) is 1.13. The molecule has 0 fully saturated rings. The largest absolute Gasteiger partial charge is 0.488 e. The minimum atomic E-state index is 0.429. The monoisotopic (exact) mass is 361 g/mol. The normalized spacial score (nSPS) is 10.8. The first-order valence-electron chi connectivity index (χ1n) is 8.19. The number of hydrogen-bond donors (Lipinski definition) is 1. The summed E-state index contributed by atoms with van der Waals surface area (Å²) in [5, 5.41) is 1.40. The van der Waals surface area contributed by atoms with E-state index in [9.17, 15) is 0 Å². The Kier molecular flexibility index (Phi) is 4.42. The topological polar surface area (TPSA) is 61.0 Å². The molecule has 2 N–H and O–H groups in total. The van der Waals surface area contributed by atoms with Crippen LogP contribution in [-0.4, -0.2) is 9.97 Å². The minimum Gasteiger partial charge on any atom is -0.488 e. The van der Waals surface area contributed by atoms with Crippen LogP contribution in [-0.2, 0) is 6.61 Å².